The Morgan fingerprint density at radius 3 is 3.06 bits per heavy atom. The number of nitrogens with zero attached hydrogens (tertiary/aromatic N) is 1. The first-order valence-electron chi connectivity index (χ1n) is 5.19. The number of halogens is 1. The second-order valence-corrected chi connectivity index (χ2v) is 4.23. The number of nitrogens with one attached hydrogen (secondary N) is 1. The Morgan fingerprint density at radius 2 is 2.35 bits per heavy atom. The highest BCUT2D eigenvalue weighted by atomic mass is 35.5. The molecular formula is C11H12ClN3O2. The molecule has 0 fully saturated rings. The lowest BCUT2D eigenvalue weighted by molar-refractivity contribution is -0.137. The molecule has 1 aromatic carbocycles. The summed E-state index contributed by atoms with van der Waals surface area (Å²) >= 11 is 5.88. The topological polar surface area (TPSA) is 92.0 Å². The van der Waals surface area contributed by atoms with Crippen LogP contribution < -0.4 is 5.73 Å². The molecule has 2 aromatic rings. The van der Waals surface area contributed by atoms with Crippen molar-refractivity contribution >= 4 is 28.5 Å². The Morgan fingerprint density at radius 1 is 1.59 bits per heavy atom. The molecule has 0 aliphatic carbocycles. The first kappa shape index (κ1) is 11.9. The Kier molecular flexibility index (Phi) is 3.31. The molecule has 2 rings (SSSR count). The Labute approximate surface area is 103 Å². The fourth-order valence-electron chi connectivity index (χ4n) is 1.67. The highest BCUT2D eigenvalue weighted by Crippen LogP contribution is 2.24. The van der Waals surface area contributed by atoms with Gasteiger partial charge in [-0.2, -0.15) is 5.10 Å². The summed E-state index contributed by atoms with van der Waals surface area (Å²) in [7, 11) is 0. The average molecular weight is 254 g/mol. The van der Waals surface area contributed by atoms with Crippen LogP contribution in [0.25, 0.3) is 10.9 Å². The van der Waals surface area contributed by atoms with E-state index in [9.17, 15) is 4.79 Å². The van der Waals surface area contributed by atoms with Gasteiger partial charge in [0.25, 0.3) is 0 Å². The zero-order valence-electron chi connectivity index (χ0n) is 8.98. The molecule has 0 saturated heterocycles. The van der Waals surface area contributed by atoms with E-state index in [0.717, 1.165) is 16.5 Å². The van der Waals surface area contributed by atoms with Crippen molar-refractivity contribution in [3.05, 3.63) is 28.9 Å². The highest BCUT2D eigenvalue weighted by molar-refractivity contribution is 6.34. The second kappa shape index (κ2) is 4.73. The molecule has 1 unspecified atom stereocenters. The van der Waals surface area contributed by atoms with Crippen molar-refractivity contribution in [3.8, 4) is 0 Å². The minimum atomic E-state index is -0.843. The van der Waals surface area contributed by atoms with E-state index in [1.165, 1.54) is 0 Å². The largest absolute Gasteiger partial charge is 0.481 e. The van der Waals surface area contributed by atoms with Crippen molar-refractivity contribution in [2.24, 2.45) is 5.73 Å². The van der Waals surface area contributed by atoms with E-state index < -0.39 is 5.97 Å². The maximum Gasteiger partial charge on any atom is 0.303 e. The maximum atomic E-state index is 10.5. The third kappa shape index (κ3) is 2.57. The fraction of sp³-hybridized carbons (Fsp3) is 0.273. The van der Waals surface area contributed by atoms with Gasteiger partial charge in [0.15, 0.2) is 0 Å². The first-order valence-corrected chi connectivity index (χ1v) is 5.56. The summed E-state index contributed by atoms with van der Waals surface area (Å²) in [5.74, 6) is -0.843. The molecule has 1 aromatic heterocycles. The van der Waals surface area contributed by atoms with E-state index in [2.05, 4.69) is 10.2 Å². The zero-order valence-corrected chi connectivity index (χ0v) is 9.74. The molecule has 0 aliphatic heterocycles. The second-order valence-electron chi connectivity index (χ2n) is 3.85. The van der Waals surface area contributed by atoms with Crippen LogP contribution >= 0.6 is 11.6 Å². The Hall–Kier alpha value is -1.59. The van der Waals surface area contributed by atoms with Gasteiger partial charge >= 0.3 is 5.97 Å². The SMILES string of the molecule is NC(CCC(=O)O)c1ccc2c(Cl)[nH]nc2c1. The van der Waals surface area contributed by atoms with E-state index in [4.69, 9.17) is 22.4 Å². The number of hydrogen-bond acceptors (Lipinski definition) is 3. The predicted octanol–water partition coefficient (Wildman–Crippen LogP) is 2.08. The number of carbonyl (C=O) groups is 1. The molecule has 0 bridgehead atoms. The van der Waals surface area contributed by atoms with Gasteiger partial charge in [-0.1, -0.05) is 17.7 Å². The fourth-order valence-corrected chi connectivity index (χ4v) is 1.87. The smallest absolute Gasteiger partial charge is 0.303 e. The third-order valence-corrected chi connectivity index (χ3v) is 2.92. The normalized spacial score (nSPS) is 12.8. The zero-order chi connectivity index (χ0) is 12.4. The maximum absolute atomic E-state index is 10.5. The van der Waals surface area contributed by atoms with Crippen molar-refractivity contribution in [2.45, 2.75) is 18.9 Å². The van der Waals surface area contributed by atoms with Crippen LogP contribution in [0.2, 0.25) is 5.15 Å². The number of aliphatic carboxylic acids is 1. The number of hydrogen-bond donors (Lipinski definition) is 3. The van der Waals surface area contributed by atoms with Crippen LogP contribution in [0.15, 0.2) is 18.2 Å². The molecule has 4 N–H and O–H groups in total. The van der Waals surface area contributed by atoms with Crippen LogP contribution in [0.5, 0.6) is 0 Å². The summed E-state index contributed by atoms with van der Waals surface area (Å²) in [5, 5.41) is 16.6. The van der Waals surface area contributed by atoms with E-state index in [1.807, 2.05) is 18.2 Å². The Bertz CT molecular complexity index is 553. The molecule has 90 valence electrons. The van der Waals surface area contributed by atoms with Crippen molar-refractivity contribution in [3.63, 3.8) is 0 Å². The lowest BCUT2D eigenvalue weighted by atomic mass is 10.0. The van der Waals surface area contributed by atoms with Crippen LogP contribution in [0.3, 0.4) is 0 Å². The number of fused-ring (bicyclic) bond motifs is 1. The molecule has 0 saturated carbocycles. The quantitative estimate of drug-likeness (QED) is 0.778. The number of carboxylic acid groups (broad SMARTS) is 1. The number of benzene rings is 1. The van der Waals surface area contributed by atoms with E-state index >= 15 is 0 Å². The molecule has 6 heteroatoms. The van der Waals surface area contributed by atoms with Crippen LogP contribution in [0, 0.1) is 0 Å². The minimum Gasteiger partial charge on any atom is -0.481 e. The molecule has 5 nitrogen and oxygen atoms in total. The summed E-state index contributed by atoms with van der Waals surface area (Å²) < 4.78 is 0. The van der Waals surface area contributed by atoms with Gasteiger partial charge in [0, 0.05) is 17.8 Å². The Balaban J connectivity index is 2.21. The van der Waals surface area contributed by atoms with E-state index in [1.54, 1.807) is 0 Å². The number of rotatable bonds is 4. The highest BCUT2D eigenvalue weighted by Gasteiger charge is 2.11. The molecule has 17 heavy (non-hydrogen) atoms. The van der Waals surface area contributed by atoms with Crippen molar-refractivity contribution in [1.29, 1.82) is 0 Å². The van der Waals surface area contributed by atoms with Gasteiger partial charge in [-0.15, -0.1) is 0 Å². The molecule has 0 radical (unpaired) electrons. The van der Waals surface area contributed by atoms with Gasteiger partial charge in [0.1, 0.15) is 5.15 Å². The number of carboxylic acids is 1. The summed E-state index contributed by atoms with van der Waals surface area (Å²) in [6.45, 7) is 0. The van der Waals surface area contributed by atoms with Crippen molar-refractivity contribution in [1.82, 2.24) is 10.2 Å². The molecular weight excluding hydrogens is 242 g/mol. The summed E-state index contributed by atoms with van der Waals surface area (Å²) in [5.41, 5.74) is 7.50. The minimum absolute atomic E-state index is 0.0561. The number of nitrogens with two attached hydrogens (primary N) is 1. The van der Waals surface area contributed by atoms with Gasteiger partial charge in [0.05, 0.1) is 5.52 Å². The molecule has 1 atom stereocenters. The lowest BCUT2D eigenvalue weighted by Gasteiger charge is -2.10. The number of aromatic amines is 1. The van der Waals surface area contributed by atoms with Crippen LogP contribution in [0.1, 0.15) is 24.4 Å². The third-order valence-electron chi connectivity index (χ3n) is 2.63. The standard InChI is InChI=1S/C11H12ClN3O2/c12-11-7-2-1-6(5-9(7)14-15-11)8(13)3-4-10(16)17/h1-2,5,8H,3-4,13H2,(H,14,15)(H,16,17). The molecule has 0 amide bonds. The van der Waals surface area contributed by atoms with Gasteiger partial charge in [0.2, 0.25) is 0 Å². The van der Waals surface area contributed by atoms with E-state index in [-0.39, 0.29) is 12.5 Å². The molecule has 0 aliphatic rings. The first-order chi connectivity index (χ1) is 8.08. The van der Waals surface area contributed by atoms with Gasteiger partial charge in [-0.3, -0.25) is 9.89 Å². The van der Waals surface area contributed by atoms with Crippen LogP contribution in [0.4, 0.5) is 0 Å². The number of H-pyrrole nitrogens is 1. The lowest BCUT2D eigenvalue weighted by Crippen LogP contribution is -2.12. The van der Waals surface area contributed by atoms with Gasteiger partial charge < -0.3 is 10.8 Å². The summed E-state index contributed by atoms with van der Waals surface area (Å²) in [4.78, 5) is 10.5. The summed E-state index contributed by atoms with van der Waals surface area (Å²) in [6.07, 6.45) is 0.458. The van der Waals surface area contributed by atoms with Crippen molar-refractivity contribution in [2.75, 3.05) is 0 Å². The average Bonchev–Trinajstić information content (AvgIpc) is 2.67. The molecule has 0 spiro atoms. The van der Waals surface area contributed by atoms with Crippen LogP contribution in [-0.4, -0.2) is 21.3 Å². The van der Waals surface area contributed by atoms with Crippen molar-refractivity contribution < 1.29 is 9.90 Å². The van der Waals surface area contributed by atoms with Gasteiger partial charge in [-0.05, 0) is 24.1 Å². The molecule has 1 heterocycles. The monoisotopic (exact) mass is 253 g/mol. The summed E-state index contributed by atoms with van der Waals surface area (Å²) in [6, 6.07) is 5.20. The van der Waals surface area contributed by atoms with Gasteiger partial charge in [-0.25, -0.2) is 0 Å². The predicted molar refractivity (Wildman–Crippen MR) is 64.9 cm³/mol. The number of aromatic nitrogens is 2. The van der Waals surface area contributed by atoms with Crippen LogP contribution in [-0.2, 0) is 4.79 Å². The van der Waals surface area contributed by atoms with E-state index in [0.29, 0.717) is 11.6 Å².